The van der Waals surface area contributed by atoms with Crippen molar-refractivity contribution in [1.82, 2.24) is 0 Å². The summed E-state index contributed by atoms with van der Waals surface area (Å²) in [6, 6.07) is 13.2. The van der Waals surface area contributed by atoms with Crippen LogP contribution in [0.4, 0.5) is 15.8 Å². The Morgan fingerprint density at radius 1 is 0.912 bits per heavy atom. The summed E-state index contributed by atoms with van der Waals surface area (Å²) in [5.41, 5.74) is 1.42. The number of halogens is 7. The van der Waals surface area contributed by atoms with E-state index >= 15 is 0 Å². The molecule has 0 heterocycles. The maximum atomic E-state index is 13.3. The molecule has 1 aliphatic rings. The van der Waals surface area contributed by atoms with Gasteiger partial charge in [-0.3, -0.25) is 9.59 Å². The van der Waals surface area contributed by atoms with Gasteiger partial charge in [0.05, 0.1) is 22.2 Å². The summed E-state index contributed by atoms with van der Waals surface area (Å²) in [6.45, 7) is 0. The first kappa shape index (κ1) is 25.5. The lowest BCUT2D eigenvalue weighted by Gasteiger charge is -2.11. The number of amides is 2. The van der Waals surface area contributed by atoms with Gasteiger partial charge in [-0.25, -0.2) is 4.39 Å². The monoisotopic (exact) mass is 622 g/mol. The highest BCUT2D eigenvalue weighted by Crippen LogP contribution is 2.65. The SMILES string of the molecule is O=C(Nc1ccc(F)cc1Br)c1cc(NC(=O)C2C(c3cc(Cl)cc(Cl)c3)C2(Cl)Cl)ccc1Cl. The molecule has 11 heteroatoms. The second-order valence-corrected chi connectivity index (χ2v) is 11.2. The number of benzene rings is 3. The Bertz CT molecular complexity index is 1300. The third-order valence-corrected chi connectivity index (χ3v) is 7.60. The van der Waals surface area contributed by atoms with Crippen molar-refractivity contribution < 1.29 is 14.0 Å². The van der Waals surface area contributed by atoms with E-state index in [4.69, 9.17) is 58.0 Å². The van der Waals surface area contributed by atoms with E-state index in [0.29, 0.717) is 31.5 Å². The van der Waals surface area contributed by atoms with E-state index in [2.05, 4.69) is 26.6 Å². The Kier molecular flexibility index (Phi) is 7.40. The van der Waals surface area contributed by atoms with Crippen molar-refractivity contribution in [1.29, 1.82) is 0 Å². The summed E-state index contributed by atoms with van der Waals surface area (Å²) in [7, 11) is 0. The number of alkyl halides is 2. The second-order valence-electron chi connectivity index (χ2n) is 7.59. The van der Waals surface area contributed by atoms with Crippen LogP contribution in [0, 0.1) is 11.7 Å². The molecule has 2 atom stereocenters. The molecule has 0 radical (unpaired) electrons. The number of carbonyl (C=O) groups is 2. The van der Waals surface area contributed by atoms with Gasteiger partial charge in [-0.15, -0.1) is 23.2 Å². The largest absolute Gasteiger partial charge is 0.326 e. The minimum Gasteiger partial charge on any atom is -0.326 e. The van der Waals surface area contributed by atoms with Crippen molar-refractivity contribution in [3.63, 3.8) is 0 Å². The summed E-state index contributed by atoms with van der Waals surface area (Å²) in [4.78, 5) is 25.7. The molecule has 0 aliphatic heterocycles. The van der Waals surface area contributed by atoms with Crippen molar-refractivity contribution in [2.24, 2.45) is 5.92 Å². The van der Waals surface area contributed by atoms with Gasteiger partial charge in [0.2, 0.25) is 5.91 Å². The van der Waals surface area contributed by atoms with Gasteiger partial charge in [0.1, 0.15) is 10.2 Å². The number of hydrogen-bond acceptors (Lipinski definition) is 2. The fraction of sp³-hybridized carbons (Fsp3) is 0.130. The Morgan fingerprint density at radius 3 is 2.24 bits per heavy atom. The minimum atomic E-state index is -1.35. The minimum absolute atomic E-state index is 0.104. The van der Waals surface area contributed by atoms with Gasteiger partial charge in [0.15, 0.2) is 0 Å². The maximum Gasteiger partial charge on any atom is 0.257 e. The Labute approximate surface area is 227 Å². The molecule has 2 N–H and O–H groups in total. The zero-order valence-corrected chi connectivity index (χ0v) is 22.2. The topological polar surface area (TPSA) is 58.2 Å². The molecule has 2 unspecified atom stereocenters. The van der Waals surface area contributed by atoms with E-state index in [9.17, 15) is 14.0 Å². The Hall–Kier alpha value is -1.54. The van der Waals surface area contributed by atoms with Crippen LogP contribution in [-0.4, -0.2) is 16.1 Å². The van der Waals surface area contributed by atoms with E-state index in [-0.39, 0.29) is 10.6 Å². The normalized spacial score (nSPS) is 18.3. The van der Waals surface area contributed by atoms with Crippen LogP contribution in [0.5, 0.6) is 0 Å². The molecule has 34 heavy (non-hydrogen) atoms. The average Bonchev–Trinajstić information content (AvgIpc) is 3.33. The third-order valence-electron chi connectivity index (χ3n) is 5.24. The van der Waals surface area contributed by atoms with Crippen LogP contribution >= 0.6 is 73.9 Å². The summed E-state index contributed by atoms with van der Waals surface area (Å²) in [5.74, 6) is -2.73. The van der Waals surface area contributed by atoms with Gasteiger partial charge >= 0.3 is 0 Å². The first-order valence-corrected chi connectivity index (χ1v) is 12.4. The van der Waals surface area contributed by atoms with E-state index in [1.54, 1.807) is 24.3 Å². The lowest BCUT2D eigenvalue weighted by Crippen LogP contribution is -2.18. The summed E-state index contributed by atoms with van der Waals surface area (Å²) < 4.78 is 12.3. The van der Waals surface area contributed by atoms with Crippen LogP contribution in [0.15, 0.2) is 59.1 Å². The fourth-order valence-electron chi connectivity index (χ4n) is 3.60. The predicted octanol–water partition coefficient (Wildman–Crippen LogP) is 8.33. The maximum absolute atomic E-state index is 13.3. The molecular formula is C23H13BrCl5FN2O2. The lowest BCUT2D eigenvalue weighted by molar-refractivity contribution is -0.117. The molecule has 4 rings (SSSR count). The molecule has 3 aromatic rings. The molecule has 0 aromatic heterocycles. The molecule has 1 aliphatic carbocycles. The molecule has 0 saturated heterocycles. The number of anilines is 2. The number of hydrogen-bond donors (Lipinski definition) is 2. The second kappa shape index (κ2) is 9.84. The standard InChI is InChI=1S/C23H13BrCl5FN2O2/c24-16-8-13(30)1-4-18(16)32-21(33)15-9-14(2-3-17(15)27)31-22(34)20-19(23(20,28)29)10-5-11(25)7-12(26)6-10/h1-9,19-20H,(H,31,34)(H,32,33). The fourth-order valence-corrected chi connectivity index (χ4v) is 5.62. The molecule has 2 amide bonds. The molecule has 0 bridgehead atoms. The average molecular weight is 626 g/mol. The van der Waals surface area contributed by atoms with Crippen molar-refractivity contribution in [3.8, 4) is 0 Å². The van der Waals surface area contributed by atoms with E-state index in [1.165, 1.54) is 30.3 Å². The highest BCUT2D eigenvalue weighted by molar-refractivity contribution is 9.10. The van der Waals surface area contributed by atoms with Gasteiger partial charge in [0, 0.05) is 26.1 Å². The zero-order chi connectivity index (χ0) is 24.8. The van der Waals surface area contributed by atoms with E-state index in [1.807, 2.05) is 0 Å². The predicted molar refractivity (Wildman–Crippen MR) is 139 cm³/mol. The van der Waals surface area contributed by atoms with Crippen molar-refractivity contribution in [2.45, 2.75) is 10.3 Å². The van der Waals surface area contributed by atoms with Gasteiger partial charge in [-0.2, -0.15) is 0 Å². The first-order valence-electron chi connectivity index (χ1n) is 9.68. The quantitative estimate of drug-likeness (QED) is 0.280. The van der Waals surface area contributed by atoms with Crippen molar-refractivity contribution in [3.05, 3.63) is 91.1 Å². The molecule has 3 aromatic carbocycles. The molecule has 4 nitrogen and oxygen atoms in total. The lowest BCUT2D eigenvalue weighted by atomic mass is 10.1. The van der Waals surface area contributed by atoms with Gasteiger partial charge in [-0.1, -0.05) is 34.8 Å². The number of rotatable bonds is 5. The molecule has 0 spiro atoms. The highest BCUT2D eigenvalue weighted by atomic mass is 79.9. The third kappa shape index (κ3) is 5.32. The Balaban J connectivity index is 1.52. The van der Waals surface area contributed by atoms with Gasteiger partial charge < -0.3 is 10.6 Å². The van der Waals surface area contributed by atoms with Crippen LogP contribution in [0.3, 0.4) is 0 Å². The Morgan fingerprint density at radius 2 is 1.59 bits per heavy atom. The van der Waals surface area contributed by atoms with Crippen LogP contribution < -0.4 is 10.6 Å². The summed E-state index contributed by atoms with van der Waals surface area (Å²) in [5, 5.41) is 6.33. The smallest absolute Gasteiger partial charge is 0.257 e. The molecule has 1 saturated carbocycles. The molecule has 1 fully saturated rings. The molecular weight excluding hydrogens is 612 g/mol. The van der Waals surface area contributed by atoms with Crippen molar-refractivity contribution in [2.75, 3.05) is 10.6 Å². The number of nitrogens with one attached hydrogen (secondary N) is 2. The van der Waals surface area contributed by atoms with Crippen LogP contribution in [0.2, 0.25) is 15.1 Å². The van der Waals surface area contributed by atoms with Crippen LogP contribution in [0.1, 0.15) is 21.8 Å². The van der Waals surface area contributed by atoms with Gasteiger partial charge in [-0.05, 0) is 76.1 Å². The highest BCUT2D eigenvalue weighted by Gasteiger charge is 2.67. The summed E-state index contributed by atoms with van der Waals surface area (Å²) >= 11 is 34.3. The summed E-state index contributed by atoms with van der Waals surface area (Å²) in [6.07, 6.45) is 0. The van der Waals surface area contributed by atoms with Crippen LogP contribution in [0.25, 0.3) is 0 Å². The molecule has 176 valence electrons. The first-order chi connectivity index (χ1) is 16.0. The number of carbonyl (C=O) groups excluding carboxylic acids is 2. The van der Waals surface area contributed by atoms with Crippen molar-refractivity contribution >= 4 is 97.1 Å². The van der Waals surface area contributed by atoms with Crippen LogP contribution in [-0.2, 0) is 4.79 Å². The van der Waals surface area contributed by atoms with Gasteiger partial charge in [0.25, 0.3) is 5.91 Å². The van der Waals surface area contributed by atoms with E-state index < -0.39 is 33.8 Å². The zero-order valence-electron chi connectivity index (χ0n) is 16.8. The van der Waals surface area contributed by atoms with E-state index in [0.717, 1.165) is 0 Å².